The van der Waals surface area contributed by atoms with Crippen molar-refractivity contribution in [3.63, 3.8) is 0 Å². The van der Waals surface area contributed by atoms with E-state index in [2.05, 4.69) is 5.32 Å². The summed E-state index contributed by atoms with van der Waals surface area (Å²) in [5.41, 5.74) is 2.57. The fourth-order valence-corrected chi connectivity index (χ4v) is 4.60. The smallest absolute Gasteiger partial charge is 0.263 e. The zero-order chi connectivity index (χ0) is 20.4. The van der Waals surface area contributed by atoms with Crippen molar-refractivity contribution < 1.29 is 14.3 Å². The molecule has 0 aliphatic carbocycles. The molecule has 2 heterocycles. The maximum atomic E-state index is 13.4. The van der Waals surface area contributed by atoms with Gasteiger partial charge in [-0.05, 0) is 35.8 Å². The third kappa shape index (κ3) is 4.06. The Morgan fingerprint density at radius 1 is 1.31 bits per heavy atom. The third-order valence-corrected chi connectivity index (χ3v) is 6.12. The fourth-order valence-electron chi connectivity index (χ4n) is 3.55. The molecule has 148 valence electrons. The standard InChI is InChI=1S/C22H20N2O3S2/c1-2-16(15-6-4-3-5-7-15)21(26)24-10-11-27-18-9-8-14(12-17(18)24)13-19-20(25)23-22(28)29-19/h3-9,12-13,16H,2,10-11H2,1H3,(H,23,25,28)/b19-13-. The Labute approximate surface area is 179 Å². The SMILES string of the molecule is CCC(C(=O)N1CCOc2ccc(/C=C3\SC(=S)NC3=O)cc21)c1ccccc1. The average Bonchev–Trinajstić information content (AvgIpc) is 3.05. The van der Waals surface area contributed by atoms with Crippen LogP contribution in [0.5, 0.6) is 5.75 Å². The van der Waals surface area contributed by atoms with Crippen molar-refractivity contribution >= 4 is 51.9 Å². The molecule has 0 radical (unpaired) electrons. The van der Waals surface area contributed by atoms with Crippen LogP contribution in [0.2, 0.25) is 0 Å². The Morgan fingerprint density at radius 2 is 2.10 bits per heavy atom. The average molecular weight is 425 g/mol. The number of rotatable bonds is 4. The molecule has 0 spiro atoms. The van der Waals surface area contributed by atoms with Gasteiger partial charge in [-0.2, -0.15) is 0 Å². The van der Waals surface area contributed by atoms with E-state index < -0.39 is 0 Å². The zero-order valence-electron chi connectivity index (χ0n) is 15.9. The van der Waals surface area contributed by atoms with Crippen LogP contribution in [0, 0.1) is 0 Å². The highest BCUT2D eigenvalue weighted by Crippen LogP contribution is 2.36. The number of hydrogen-bond donors (Lipinski definition) is 1. The monoisotopic (exact) mass is 424 g/mol. The second-order valence-electron chi connectivity index (χ2n) is 6.79. The van der Waals surface area contributed by atoms with Crippen LogP contribution in [0.4, 0.5) is 5.69 Å². The van der Waals surface area contributed by atoms with E-state index in [0.717, 1.165) is 16.8 Å². The molecule has 1 saturated heterocycles. The lowest BCUT2D eigenvalue weighted by Crippen LogP contribution is -2.40. The molecular formula is C22H20N2O3S2. The minimum atomic E-state index is -0.210. The first-order valence-electron chi connectivity index (χ1n) is 9.45. The van der Waals surface area contributed by atoms with Crippen molar-refractivity contribution in [2.24, 2.45) is 0 Å². The van der Waals surface area contributed by atoms with E-state index in [1.807, 2.05) is 55.5 Å². The highest BCUT2D eigenvalue weighted by atomic mass is 32.2. The van der Waals surface area contributed by atoms with Crippen LogP contribution in [0.15, 0.2) is 53.4 Å². The van der Waals surface area contributed by atoms with Gasteiger partial charge in [-0.1, -0.05) is 67.3 Å². The molecule has 4 rings (SSSR count). The molecule has 1 atom stereocenters. The van der Waals surface area contributed by atoms with E-state index in [1.54, 1.807) is 11.0 Å². The number of carbonyl (C=O) groups excluding carboxylic acids is 2. The van der Waals surface area contributed by atoms with Gasteiger partial charge >= 0.3 is 0 Å². The maximum Gasteiger partial charge on any atom is 0.263 e. The predicted molar refractivity (Wildman–Crippen MR) is 120 cm³/mol. The molecule has 2 aliphatic heterocycles. The first kappa shape index (κ1) is 19.7. The van der Waals surface area contributed by atoms with Gasteiger partial charge in [-0.25, -0.2) is 0 Å². The molecule has 0 saturated carbocycles. The molecule has 5 nitrogen and oxygen atoms in total. The second kappa shape index (κ2) is 8.39. The molecule has 2 aliphatic rings. The van der Waals surface area contributed by atoms with E-state index >= 15 is 0 Å². The Balaban J connectivity index is 1.66. The van der Waals surface area contributed by atoms with Gasteiger partial charge < -0.3 is 15.0 Å². The molecule has 0 bridgehead atoms. The number of thioether (sulfide) groups is 1. The molecule has 1 fully saturated rings. The van der Waals surface area contributed by atoms with Crippen molar-refractivity contribution in [3.05, 3.63) is 64.6 Å². The number of hydrogen-bond acceptors (Lipinski definition) is 5. The van der Waals surface area contributed by atoms with E-state index in [9.17, 15) is 9.59 Å². The van der Waals surface area contributed by atoms with Crippen LogP contribution in [0.25, 0.3) is 6.08 Å². The summed E-state index contributed by atoms with van der Waals surface area (Å²) in [5.74, 6) is 0.325. The summed E-state index contributed by atoms with van der Waals surface area (Å²) in [6.45, 7) is 2.97. The van der Waals surface area contributed by atoms with Gasteiger partial charge in [0.25, 0.3) is 5.91 Å². The summed E-state index contributed by atoms with van der Waals surface area (Å²) in [6.07, 6.45) is 2.50. The van der Waals surface area contributed by atoms with Crippen molar-refractivity contribution in [3.8, 4) is 5.75 Å². The number of nitrogens with one attached hydrogen (secondary N) is 1. The summed E-state index contributed by atoms with van der Waals surface area (Å²) < 4.78 is 6.22. The van der Waals surface area contributed by atoms with Crippen molar-refractivity contribution in [2.75, 3.05) is 18.1 Å². The molecule has 1 N–H and O–H groups in total. The van der Waals surface area contributed by atoms with Gasteiger partial charge in [-0.3, -0.25) is 9.59 Å². The Hall–Kier alpha value is -2.64. The number of ether oxygens (including phenoxy) is 1. The molecule has 0 aromatic heterocycles. The van der Waals surface area contributed by atoms with Gasteiger partial charge in [0, 0.05) is 0 Å². The lowest BCUT2D eigenvalue weighted by atomic mass is 9.94. The van der Waals surface area contributed by atoms with Gasteiger partial charge in [0.2, 0.25) is 5.91 Å². The van der Waals surface area contributed by atoms with Crippen LogP contribution in [0.1, 0.15) is 30.4 Å². The van der Waals surface area contributed by atoms with Crippen LogP contribution in [-0.4, -0.2) is 29.3 Å². The topological polar surface area (TPSA) is 58.6 Å². The van der Waals surface area contributed by atoms with Crippen LogP contribution in [-0.2, 0) is 9.59 Å². The molecule has 7 heteroatoms. The van der Waals surface area contributed by atoms with Crippen LogP contribution in [0.3, 0.4) is 0 Å². The van der Waals surface area contributed by atoms with Crippen molar-refractivity contribution in [1.82, 2.24) is 5.32 Å². The number of benzene rings is 2. The largest absolute Gasteiger partial charge is 0.490 e. The highest BCUT2D eigenvalue weighted by Gasteiger charge is 2.30. The van der Waals surface area contributed by atoms with Crippen LogP contribution < -0.4 is 15.0 Å². The summed E-state index contributed by atoms with van der Waals surface area (Å²) in [6, 6.07) is 15.5. The Bertz CT molecular complexity index is 1000. The lowest BCUT2D eigenvalue weighted by molar-refractivity contribution is -0.120. The fraction of sp³-hybridized carbons (Fsp3) is 0.227. The van der Waals surface area contributed by atoms with Crippen molar-refractivity contribution in [2.45, 2.75) is 19.3 Å². The highest BCUT2D eigenvalue weighted by molar-refractivity contribution is 8.26. The maximum absolute atomic E-state index is 13.4. The van der Waals surface area contributed by atoms with Gasteiger partial charge in [0.05, 0.1) is 23.1 Å². The van der Waals surface area contributed by atoms with E-state index in [-0.39, 0.29) is 17.7 Å². The first-order valence-corrected chi connectivity index (χ1v) is 10.7. The van der Waals surface area contributed by atoms with E-state index in [1.165, 1.54) is 11.8 Å². The normalized spacial score (nSPS) is 18.2. The molecule has 2 amide bonds. The van der Waals surface area contributed by atoms with Gasteiger partial charge in [0.15, 0.2) is 0 Å². The molecular weight excluding hydrogens is 404 g/mol. The van der Waals surface area contributed by atoms with Gasteiger partial charge in [0.1, 0.15) is 16.7 Å². The quantitative estimate of drug-likeness (QED) is 0.592. The summed E-state index contributed by atoms with van der Waals surface area (Å²) in [4.78, 5) is 27.7. The molecule has 2 aromatic rings. The molecule has 2 aromatic carbocycles. The number of amides is 2. The number of nitrogens with zero attached hydrogens (tertiary/aromatic N) is 1. The summed E-state index contributed by atoms with van der Waals surface area (Å²) in [5, 5.41) is 2.62. The number of thiocarbonyl (C=S) groups is 1. The van der Waals surface area contributed by atoms with Gasteiger partial charge in [-0.15, -0.1) is 0 Å². The molecule has 1 unspecified atom stereocenters. The summed E-state index contributed by atoms with van der Waals surface area (Å²) in [7, 11) is 0. The minimum absolute atomic E-state index is 0.0576. The van der Waals surface area contributed by atoms with E-state index in [4.69, 9.17) is 17.0 Å². The minimum Gasteiger partial charge on any atom is -0.490 e. The molecule has 29 heavy (non-hydrogen) atoms. The third-order valence-electron chi connectivity index (χ3n) is 4.96. The summed E-state index contributed by atoms with van der Waals surface area (Å²) >= 11 is 6.28. The Morgan fingerprint density at radius 3 is 2.79 bits per heavy atom. The number of anilines is 1. The number of carbonyl (C=O) groups is 2. The number of fused-ring (bicyclic) bond motifs is 1. The van der Waals surface area contributed by atoms with E-state index in [0.29, 0.717) is 34.5 Å². The van der Waals surface area contributed by atoms with Crippen molar-refractivity contribution in [1.29, 1.82) is 0 Å². The first-order chi connectivity index (χ1) is 14.1. The second-order valence-corrected chi connectivity index (χ2v) is 8.51. The lowest BCUT2D eigenvalue weighted by Gasteiger charge is -2.32. The predicted octanol–water partition coefficient (Wildman–Crippen LogP) is 4.09. The zero-order valence-corrected chi connectivity index (χ0v) is 17.5. The Kier molecular flexibility index (Phi) is 5.69. The van der Waals surface area contributed by atoms with Crippen LogP contribution >= 0.6 is 24.0 Å².